The molecular formula is C11H13BrFNO4S2. The summed E-state index contributed by atoms with van der Waals surface area (Å²) >= 11 is 4.33. The second-order valence-electron chi connectivity index (χ2n) is 3.87. The molecule has 2 N–H and O–H groups in total. The highest BCUT2D eigenvalue weighted by Gasteiger charge is 2.25. The molecule has 112 valence electrons. The first-order valence-electron chi connectivity index (χ1n) is 5.47. The van der Waals surface area contributed by atoms with E-state index in [1.54, 1.807) is 6.26 Å². The minimum Gasteiger partial charge on any atom is -0.480 e. The number of halogens is 2. The lowest BCUT2D eigenvalue weighted by molar-refractivity contribution is -0.139. The number of aliphatic carboxylic acids is 1. The Hall–Kier alpha value is -0.640. The molecule has 0 unspecified atom stereocenters. The van der Waals surface area contributed by atoms with Gasteiger partial charge in [-0.3, -0.25) is 4.79 Å². The average Bonchev–Trinajstić information content (AvgIpc) is 2.37. The van der Waals surface area contributed by atoms with Crippen LogP contribution in [0, 0.1) is 5.82 Å². The number of carboxylic acid groups (broad SMARTS) is 1. The maximum absolute atomic E-state index is 13.3. The van der Waals surface area contributed by atoms with Crippen LogP contribution in [0.2, 0.25) is 0 Å². The summed E-state index contributed by atoms with van der Waals surface area (Å²) in [7, 11) is -4.08. The van der Waals surface area contributed by atoms with Crippen molar-refractivity contribution in [2.75, 3.05) is 12.0 Å². The van der Waals surface area contributed by atoms with E-state index < -0.39 is 27.9 Å². The van der Waals surface area contributed by atoms with E-state index in [1.807, 2.05) is 0 Å². The highest BCUT2D eigenvalue weighted by atomic mass is 79.9. The predicted molar refractivity (Wildman–Crippen MR) is 78.8 cm³/mol. The Kier molecular flexibility index (Phi) is 6.44. The molecule has 0 radical (unpaired) electrons. The molecule has 0 spiro atoms. The number of hydrogen-bond acceptors (Lipinski definition) is 4. The summed E-state index contributed by atoms with van der Waals surface area (Å²) in [5.41, 5.74) is 0. The molecule has 0 fully saturated rings. The maximum atomic E-state index is 13.3. The summed E-state index contributed by atoms with van der Waals surface area (Å²) < 4.78 is 39.6. The average molecular weight is 386 g/mol. The smallest absolute Gasteiger partial charge is 0.321 e. The topological polar surface area (TPSA) is 83.5 Å². The zero-order chi connectivity index (χ0) is 15.3. The van der Waals surface area contributed by atoms with Gasteiger partial charge in [-0.15, -0.1) is 0 Å². The monoisotopic (exact) mass is 385 g/mol. The molecule has 9 heteroatoms. The van der Waals surface area contributed by atoms with Crippen molar-refractivity contribution in [1.29, 1.82) is 0 Å². The fraction of sp³-hybridized carbons (Fsp3) is 0.364. The standard InChI is InChI=1S/C11H13BrFNO4S2/c1-19-5-4-10(11(15)16)14-20(17,18)7-2-3-8(12)9(13)6-7/h2-3,6,10,14H,4-5H2,1H3,(H,15,16)/t10-/m1/s1. The van der Waals surface area contributed by atoms with Gasteiger partial charge in [0.1, 0.15) is 11.9 Å². The molecule has 0 amide bonds. The second kappa shape index (κ2) is 7.39. The first-order valence-corrected chi connectivity index (χ1v) is 9.14. The summed E-state index contributed by atoms with van der Waals surface area (Å²) in [6.45, 7) is 0. The van der Waals surface area contributed by atoms with Gasteiger partial charge < -0.3 is 5.11 Å². The third-order valence-corrected chi connectivity index (χ3v) is 5.16. The van der Waals surface area contributed by atoms with Crippen LogP contribution in [0.3, 0.4) is 0 Å². The first kappa shape index (κ1) is 17.4. The molecule has 1 aromatic rings. The summed E-state index contributed by atoms with van der Waals surface area (Å²) in [5.74, 6) is -1.50. The van der Waals surface area contributed by atoms with E-state index in [1.165, 1.54) is 23.9 Å². The highest BCUT2D eigenvalue weighted by molar-refractivity contribution is 9.10. The van der Waals surface area contributed by atoms with Gasteiger partial charge >= 0.3 is 5.97 Å². The van der Waals surface area contributed by atoms with E-state index in [4.69, 9.17) is 5.11 Å². The van der Waals surface area contributed by atoms with E-state index in [2.05, 4.69) is 20.7 Å². The Bertz CT molecular complexity index is 594. The molecule has 1 rings (SSSR count). The van der Waals surface area contributed by atoms with Crippen LogP contribution in [0.15, 0.2) is 27.6 Å². The van der Waals surface area contributed by atoms with E-state index in [0.29, 0.717) is 5.75 Å². The van der Waals surface area contributed by atoms with Crippen molar-refractivity contribution in [3.8, 4) is 0 Å². The van der Waals surface area contributed by atoms with E-state index in [9.17, 15) is 17.6 Å². The Morgan fingerprint density at radius 2 is 2.20 bits per heavy atom. The van der Waals surface area contributed by atoms with Crippen molar-refractivity contribution in [1.82, 2.24) is 4.72 Å². The molecule has 0 bridgehead atoms. The van der Waals surface area contributed by atoms with Crippen LogP contribution < -0.4 is 4.72 Å². The fourth-order valence-electron chi connectivity index (χ4n) is 1.37. The van der Waals surface area contributed by atoms with Crippen molar-refractivity contribution in [3.05, 3.63) is 28.5 Å². The van der Waals surface area contributed by atoms with Crippen LogP contribution in [-0.2, 0) is 14.8 Å². The summed E-state index contributed by atoms with van der Waals surface area (Å²) in [6, 6.07) is 2.05. The summed E-state index contributed by atoms with van der Waals surface area (Å²) in [6.07, 6.45) is 1.94. The molecule has 20 heavy (non-hydrogen) atoms. The van der Waals surface area contributed by atoms with Gasteiger partial charge in [-0.05, 0) is 52.6 Å². The van der Waals surface area contributed by atoms with Crippen molar-refractivity contribution in [2.24, 2.45) is 0 Å². The third kappa shape index (κ3) is 4.72. The lowest BCUT2D eigenvalue weighted by Crippen LogP contribution is -2.41. The number of thioether (sulfide) groups is 1. The summed E-state index contributed by atoms with van der Waals surface area (Å²) in [4.78, 5) is 10.7. The fourth-order valence-corrected chi connectivity index (χ4v) is 3.32. The minimum atomic E-state index is -4.08. The van der Waals surface area contributed by atoms with Crippen molar-refractivity contribution in [2.45, 2.75) is 17.4 Å². The van der Waals surface area contributed by atoms with Crippen LogP contribution in [0.5, 0.6) is 0 Å². The molecule has 0 saturated carbocycles. The van der Waals surface area contributed by atoms with Crippen LogP contribution in [0.25, 0.3) is 0 Å². The lowest BCUT2D eigenvalue weighted by atomic mass is 10.2. The molecule has 0 aliphatic heterocycles. The van der Waals surface area contributed by atoms with E-state index >= 15 is 0 Å². The molecule has 0 aromatic heterocycles. The molecule has 0 aliphatic carbocycles. The van der Waals surface area contributed by atoms with E-state index in [-0.39, 0.29) is 15.8 Å². The molecule has 0 heterocycles. The van der Waals surface area contributed by atoms with Gasteiger partial charge in [0.15, 0.2) is 0 Å². The SMILES string of the molecule is CSCC[C@@H](NS(=O)(=O)c1ccc(Br)c(F)c1)C(=O)O. The third-order valence-electron chi connectivity index (χ3n) is 2.41. The summed E-state index contributed by atoms with van der Waals surface area (Å²) in [5, 5.41) is 8.99. The Morgan fingerprint density at radius 3 is 2.70 bits per heavy atom. The normalized spacial score (nSPS) is 13.2. The van der Waals surface area contributed by atoms with Crippen molar-refractivity contribution < 1.29 is 22.7 Å². The number of sulfonamides is 1. The van der Waals surface area contributed by atoms with Gasteiger partial charge in [0.2, 0.25) is 10.0 Å². The zero-order valence-corrected chi connectivity index (χ0v) is 13.7. The number of nitrogens with one attached hydrogen (secondary N) is 1. The van der Waals surface area contributed by atoms with Crippen LogP contribution in [-0.4, -0.2) is 37.5 Å². The molecule has 0 aliphatic rings. The van der Waals surface area contributed by atoms with E-state index in [0.717, 1.165) is 6.07 Å². The first-order chi connectivity index (χ1) is 9.27. The van der Waals surface area contributed by atoms with Gasteiger partial charge in [0, 0.05) is 0 Å². The van der Waals surface area contributed by atoms with Gasteiger partial charge in [-0.25, -0.2) is 12.8 Å². The molecule has 1 aromatic carbocycles. The number of carbonyl (C=O) groups is 1. The number of hydrogen-bond donors (Lipinski definition) is 2. The Labute approximate surface area is 129 Å². The van der Waals surface area contributed by atoms with Crippen LogP contribution >= 0.6 is 27.7 Å². The van der Waals surface area contributed by atoms with Crippen molar-refractivity contribution >= 4 is 43.7 Å². The number of carboxylic acids is 1. The van der Waals surface area contributed by atoms with Gasteiger partial charge in [-0.2, -0.15) is 16.5 Å². The highest BCUT2D eigenvalue weighted by Crippen LogP contribution is 2.19. The molecule has 1 atom stereocenters. The predicted octanol–water partition coefficient (Wildman–Crippen LogP) is 2.07. The van der Waals surface area contributed by atoms with Gasteiger partial charge in [0.05, 0.1) is 9.37 Å². The van der Waals surface area contributed by atoms with Crippen molar-refractivity contribution in [3.63, 3.8) is 0 Å². The van der Waals surface area contributed by atoms with Gasteiger partial charge in [-0.1, -0.05) is 0 Å². The lowest BCUT2D eigenvalue weighted by Gasteiger charge is -2.14. The Morgan fingerprint density at radius 1 is 1.55 bits per heavy atom. The molecule has 0 saturated heterocycles. The van der Waals surface area contributed by atoms with Gasteiger partial charge in [0.25, 0.3) is 0 Å². The maximum Gasteiger partial charge on any atom is 0.321 e. The van der Waals surface area contributed by atoms with Crippen LogP contribution in [0.4, 0.5) is 4.39 Å². The zero-order valence-electron chi connectivity index (χ0n) is 10.5. The largest absolute Gasteiger partial charge is 0.480 e. The van der Waals surface area contributed by atoms with Crippen LogP contribution in [0.1, 0.15) is 6.42 Å². The molecular weight excluding hydrogens is 373 g/mol. The minimum absolute atomic E-state index is 0.133. The Balaban J connectivity index is 2.97. The second-order valence-corrected chi connectivity index (χ2v) is 7.42. The molecule has 5 nitrogen and oxygen atoms in total. The number of benzene rings is 1. The number of rotatable bonds is 7. The quantitative estimate of drug-likeness (QED) is 0.750.